The van der Waals surface area contributed by atoms with Crippen LogP contribution in [0, 0.1) is 10.1 Å². The van der Waals surface area contributed by atoms with E-state index in [4.69, 9.17) is 0 Å². The van der Waals surface area contributed by atoms with Gasteiger partial charge in [-0.2, -0.15) is 12.6 Å². The first-order valence-electron chi connectivity index (χ1n) is 5.38. The fraction of sp³-hybridized carbons (Fsp3) is 0.250. The van der Waals surface area contributed by atoms with E-state index in [-0.39, 0.29) is 17.3 Å². The van der Waals surface area contributed by atoms with Crippen LogP contribution < -0.4 is 5.32 Å². The second-order valence-corrected chi connectivity index (χ2v) is 4.08. The first kappa shape index (κ1) is 14.2. The molecule has 1 rings (SSSR count). The largest absolute Gasteiger partial charge is 0.321 e. The van der Waals surface area contributed by atoms with Gasteiger partial charge in [0.1, 0.15) is 5.69 Å². The van der Waals surface area contributed by atoms with Crippen molar-refractivity contribution in [2.24, 2.45) is 0 Å². The Morgan fingerprint density at radius 2 is 2.28 bits per heavy atom. The quantitative estimate of drug-likeness (QED) is 0.489. The summed E-state index contributed by atoms with van der Waals surface area (Å²) in [4.78, 5) is 21.3. The standard InChI is InChI=1S/C12H14N2O3S/c1-9(15)13-11-6-5-10(4-2-3-7-18)8-12(11)14(16)17/h2,4-6,8,18H,3,7H2,1H3,(H,13,15). The van der Waals surface area contributed by atoms with Crippen LogP contribution in [0.4, 0.5) is 11.4 Å². The number of hydrogen-bond acceptors (Lipinski definition) is 4. The van der Waals surface area contributed by atoms with Gasteiger partial charge in [-0.05, 0) is 23.8 Å². The van der Waals surface area contributed by atoms with Gasteiger partial charge in [0.2, 0.25) is 5.91 Å². The molecule has 6 heteroatoms. The summed E-state index contributed by atoms with van der Waals surface area (Å²) in [5, 5.41) is 13.3. The summed E-state index contributed by atoms with van der Waals surface area (Å²) in [6, 6.07) is 4.67. The summed E-state index contributed by atoms with van der Waals surface area (Å²) in [6.45, 7) is 1.31. The predicted molar refractivity (Wildman–Crippen MR) is 74.9 cm³/mol. The maximum absolute atomic E-state index is 10.9. The summed E-state index contributed by atoms with van der Waals surface area (Å²) < 4.78 is 0. The molecule has 0 heterocycles. The minimum atomic E-state index is -0.513. The van der Waals surface area contributed by atoms with Crippen molar-refractivity contribution in [2.45, 2.75) is 13.3 Å². The lowest BCUT2D eigenvalue weighted by Gasteiger charge is -2.04. The third-order valence-corrected chi connectivity index (χ3v) is 2.39. The number of nitro benzene ring substituents is 1. The maximum atomic E-state index is 10.9. The van der Waals surface area contributed by atoms with Crippen molar-refractivity contribution in [1.29, 1.82) is 0 Å². The van der Waals surface area contributed by atoms with E-state index in [1.165, 1.54) is 19.1 Å². The fourth-order valence-corrected chi connectivity index (χ4v) is 1.54. The summed E-state index contributed by atoms with van der Waals surface area (Å²) in [6.07, 6.45) is 4.48. The van der Waals surface area contributed by atoms with Gasteiger partial charge in [0, 0.05) is 13.0 Å². The number of carbonyl (C=O) groups excluding carboxylic acids is 1. The van der Waals surface area contributed by atoms with E-state index in [0.717, 1.165) is 17.7 Å². The molecule has 0 aromatic heterocycles. The van der Waals surface area contributed by atoms with Crippen molar-refractivity contribution in [1.82, 2.24) is 0 Å². The summed E-state index contributed by atoms with van der Waals surface area (Å²) in [5.41, 5.74) is 0.814. The minimum Gasteiger partial charge on any atom is -0.321 e. The molecule has 0 radical (unpaired) electrons. The molecule has 0 bridgehead atoms. The van der Waals surface area contributed by atoms with Crippen LogP contribution >= 0.6 is 12.6 Å². The molecule has 0 unspecified atom stereocenters. The van der Waals surface area contributed by atoms with Crippen molar-refractivity contribution in [3.8, 4) is 0 Å². The van der Waals surface area contributed by atoms with Gasteiger partial charge < -0.3 is 5.32 Å². The van der Waals surface area contributed by atoms with Crippen LogP contribution in [-0.4, -0.2) is 16.6 Å². The Kier molecular flexibility index (Phi) is 5.38. The summed E-state index contributed by atoms with van der Waals surface area (Å²) >= 11 is 4.07. The van der Waals surface area contributed by atoms with Gasteiger partial charge >= 0.3 is 0 Å². The average molecular weight is 266 g/mol. The van der Waals surface area contributed by atoms with Gasteiger partial charge in [0.05, 0.1) is 4.92 Å². The second-order valence-electron chi connectivity index (χ2n) is 3.63. The molecule has 1 N–H and O–H groups in total. The SMILES string of the molecule is CC(=O)Nc1ccc(C=CCCS)cc1[N+](=O)[O-]. The Labute approximate surface area is 110 Å². The normalized spacial score (nSPS) is 10.6. The smallest absolute Gasteiger partial charge is 0.293 e. The molecule has 5 nitrogen and oxygen atoms in total. The summed E-state index contributed by atoms with van der Waals surface area (Å²) in [7, 11) is 0. The van der Waals surface area contributed by atoms with Gasteiger partial charge in [-0.15, -0.1) is 0 Å². The molecular formula is C12H14N2O3S. The number of rotatable bonds is 5. The van der Waals surface area contributed by atoms with Crippen molar-refractivity contribution in [3.63, 3.8) is 0 Å². The lowest BCUT2D eigenvalue weighted by atomic mass is 10.1. The Morgan fingerprint density at radius 3 is 2.83 bits per heavy atom. The topological polar surface area (TPSA) is 72.2 Å². The fourth-order valence-electron chi connectivity index (χ4n) is 1.39. The van der Waals surface area contributed by atoms with Crippen molar-refractivity contribution >= 4 is 36.0 Å². The van der Waals surface area contributed by atoms with Crippen LogP contribution in [0.3, 0.4) is 0 Å². The zero-order chi connectivity index (χ0) is 13.5. The van der Waals surface area contributed by atoms with E-state index < -0.39 is 4.92 Å². The molecule has 0 saturated heterocycles. The molecule has 1 aromatic rings. The Morgan fingerprint density at radius 1 is 1.56 bits per heavy atom. The number of carbonyl (C=O) groups is 1. The molecule has 1 aromatic carbocycles. The van der Waals surface area contributed by atoms with E-state index in [0.29, 0.717) is 0 Å². The lowest BCUT2D eigenvalue weighted by molar-refractivity contribution is -0.383. The number of thiol groups is 1. The molecular weight excluding hydrogens is 252 g/mol. The molecule has 0 spiro atoms. The Balaban J connectivity index is 3.03. The molecule has 0 saturated carbocycles. The van der Waals surface area contributed by atoms with Crippen LogP contribution in [-0.2, 0) is 4.79 Å². The number of anilines is 1. The first-order chi connectivity index (χ1) is 8.54. The highest BCUT2D eigenvalue weighted by molar-refractivity contribution is 7.80. The zero-order valence-corrected chi connectivity index (χ0v) is 10.8. The van der Waals surface area contributed by atoms with Gasteiger partial charge in [0.15, 0.2) is 0 Å². The molecule has 1 amide bonds. The number of hydrogen-bond donors (Lipinski definition) is 2. The number of amides is 1. The minimum absolute atomic E-state index is 0.113. The lowest BCUT2D eigenvalue weighted by Crippen LogP contribution is -2.08. The maximum Gasteiger partial charge on any atom is 0.293 e. The highest BCUT2D eigenvalue weighted by Gasteiger charge is 2.14. The molecule has 18 heavy (non-hydrogen) atoms. The second kappa shape index (κ2) is 6.80. The van der Waals surface area contributed by atoms with Crippen LogP contribution in [0.25, 0.3) is 6.08 Å². The number of nitro groups is 1. The average Bonchev–Trinajstić information content (AvgIpc) is 2.30. The van der Waals surface area contributed by atoms with E-state index in [1.54, 1.807) is 12.1 Å². The monoisotopic (exact) mass is 266 g/mol. The van der Waals surface area contributed by atoms with Gasteiger partial charge in [0.25, 0.3) is 5.69 Å². The van der Waals surface area contributed by atoms with Crippen LogP contribution in [0.2, 0.25) is 0 Å². The molecule has 96 valence electrons. The highest BCUT2D eigenvalue weighted by atomic mass is 32.1. The first-order valence-corrected chi connectivity index (χ1v) is 6.01. The zero-order valence-electron chi connectivity index (χ0n) is 9.92. The van der Waals surface area contributed by atoms with E-state index in [2.05, 4.69) is 17.9 Å². The van der Waals surface area contributed by atoms with Crippen molar-refractivity contribution < 1.29 is 9.72 Å². The van der Waals surface area contributed by atoms with Crippen molar-refractivity contribution in [3.05, 3.63) is 40.0 Å². The van der Waals surface area contributed by atoms with E-state index in [9.17, 15) is 14.9 Å². The van der Waals surface area contributed by atoms with Crippen LogP contribution in [0.15, 0.2) is 24.3 Å². The van der Waals surface area contributed by atoms with E-state index >= 15 is 0 Å². The Hall–Kier alpha value is -1.82. The third kappa shape index (κ3) is 4.21. The van der Waals surface area contributed by atoms with Gasteiger partial charge in [-0.1, -0.05) is 18.2 Å². The highest BCUT2D eigenvalue weighted by Crippen LogP contribution is 2.26. The Bertz CT molecular complexity index is 486. The summed E-state index contributed by atoms with van der Waals surface area (Å²) in [5.74, 6) is 0.388. The van der Waals surface area contributed by atoms with Crippen LogP contribution in [0.1, 0.15) is 18.9 Å². The molecule has 0 aliphatic heterocycles. The number of benzene rings is 1. The van der Waals surface area contributed by atoms with Crippen molar-refractivity contribution in [2.75, 3.05) is 11.1 Å². The number of nitrogens with one attached hydrogen (secondary N) is 1. The third-order valence-electron chi connectivity index (χ3n) is 2.14. The molecule has 0 fully saturated rings. The van der Waals surface area contributed by atoms with Gasteiger partial charge in [-0.3, -0.25) is 14.9 Å². The number of allylic oxidation sites excluding steroid dienone is 1. The van der Waals surface area contributed by atoms with Crippen LogP contribution in [0.5, 0.6) is 0 Å². The molecule has 0 atom stereocenters. The molecule has 0 aliphatic rings. The molecule has 0 aliphatic carbocycles. The van der Waals surface area contributed by atoms with Gasteiger partial charge in [-0.25, -0.2) is 0 Å². The number of nitrogens with zero attached hydrogens (tertiary/aromatic N) is 1. The predicted octanol–water partition coefficient (Wildman–Crippen LogP) is 2.89. The van der Waals surface area contributed by atoms with E-state index in [1.807, 2.05) is 6.08 Å².